The summed E-state index contributed by atoms with van der Waals surface area (Å²) in [4.78, 5) is 15.4. The van der Waals surface area contributed by atoms with Crippen LogP contribution in [0, 0.1) is 0 Å². The zero-order valence-electron chi connectivity index (χ0n) is 9.42. The summed E-state index contributed by atoms with van der Waals surface area (Å²) in [7, 11) is 0. The Morgan fingerprint density at radius 1 is 1.06 bits per heavy atom. The maximum Gasteiger partial charge on any atom is 0.355 e. The molecule has 3 aromatic rings. The molecule has 0 unspecified atom stereocenters. The van der Waals surface area contributed by atoms with Crippen molar-refractivity contribution in [3.8, 4) is 0 Å². The normalized spacial score (nSPS) is 10.9. The van der Waals surface area contributed by atoms with Crippen LogP contribution in [-0.2, 0) is 0 Å². The van der Waals surface area contributed by atoms with Crippen molar-refractivity contribution in [2.24, 2.45) is 0 Å². The van der Waals surface area contributed by atoms with Crippen LogP contribution in [-0.4, -0.2) is 16.1 Å². The Hall–Kier alpha value is -2.62. The zero-order chi connectivity index (χ0) is 12.7. The van der Waals surface area contributed by atoms with Crippen molar-refractivity contribution in [2.75, 3.05) is 5.73 Å². The molecule has 88 valence electrons. The second-order valence-corrected chi connectivity index (χ2v) is 4.09. The number of carboxylic acids is 1. The minimum Gasteiger partial charge on any atom is -0.476 e. The van der Waals surface area contributed by atoms with E-state index in [0.717, 1.165) is 10.8 Å². The molecule has 1 heterocycles. The maximum atomic E-state index is 11.2. The molecule has 4 nitrogen and oxygen atoms in total. The third kappa shape index (κ3) is 1.47. The highest BCUT2D eigenvalue weighted by Crippen LogP contribution is 2.27. The van der Waals surface area contributed by atoms with Gasteiger partial charge < -0.3 is 10.8 Å². The third-order valence-corrected chi connectivity index (χ3v) is 2.93. The molecular formula is C14H10N2O2. The first-order valence-electron chi connectivity index (χ1n) is 5.48. The van der Waals surface area contributed by atoms with Crippen molar-refractivity contribution >= 4 is 33.3 Å². The zero-order valence-corrected chi connectivity index (χ0v) is 9.42. The molecule has 0 saturated heterocycles. The summed E-state index contributed by atoms with van der Waals surface area (Å²) >= 11 is 0. The molecule has 0 atom stereocenters. The fourth-order valence-electron chi connectivity index (χ4n) is 2.14. The number of benzene rings is 2. The number of fused-ring (bicyclic) bond motifs is 3. The molecule has 0 radical (unpaired) electrons. The molecule has 0 aliphatic heterocycles. The minimum absolute atomic E-state index is 0.0590. The Labute approximate surface area is 103 Å². The van der Waals surface area contributed by atoms with Crippen molar-refractivity contribution in [1.82, 2.24) is 4.98 Å². The van der Waals surface area contributed by atoms with Gasteiger partial charge in [-0.05, 0) is 17.5 Å². The van der Waals surface area contributed by atoms with Crippen LogP contribution in [0.25, 0.3) is 21.7 Å². The minimum atomic E-state index is -1.03. The topological polar surface area (TPSA) is 76.2 Å². The van der Waals surface area contributed by atoms with Gasteiger partial charge in [-0.15, -0.1) is 0 Å². The van der Waals surface area contributed by atoms with E-state index >= 15 is 0 Å². The Morgan fingerprint density at radius 2 is 1.78 bits per heavy atom. The van der Waals surface area contributed by atoms with Crippen molar-refractivity contribution in [2.45, 2.75) is 0 Å². The lowest BCUT2D eigenvalue weighted by Crippen LogP contribution is -2.02. The number of hydrogen-bond acceptors (Lipinski definition) is 3. The van der Waals surface area contributed by atoms with Gasteiger partial charge in [0.25, 0.3) is 0 Å². The lowest BCUT2D eigenvalue weighted by atomic mass is 10.0. The highest BCUT2D eigenvalue weighted by molar-refractivity contribution is 6.13. The van der Waals surface area contributed by atoms with Crippen LogP contribution >= 0.6 is 0 Å². The second kappa shape index (κ2) is 3.70. The van der Waals surface area contributed by atoms with Gasteiger partial charge in [0.1, 0.15) is 0 Å². The first-order valence-corrected chi connectivity index (χ1v) is 5.48. The van der Waals surface area contributed by atoms with E-state index in [-0.39, 0.29) is 5.69 Å². The van der Waals surface area contributed by atoms with E-state index in [9.17, 15) is 9.90 Å². The quantitative estimate of drug-likeness (QED) is 0.504. The molecule has 1 aromatic heterocycles. The number of hydrogen-bond donors (Lipinski definition) is 2. The van der Waals surface area contributed by atoms with Crippen LogP contribution < -0.4 is 5.73 Å². The molecule has 18 heavy (non-hydrogen) atoms. The molecule has 0 amide bonds. The molecule has 0 saturated carbocycles. The number of nitrogen functional groups attached to an aromatic ring is 1. The summed E-state index contributed by atoms with van der Waals surface area (Å²) < 4.78 is 0. The van der Waals surface area contributed by atoms with Gasteiger partial charge in [-0.3, -0.25) is 0 Å². The van der Waals surface area contributed by atoms with Crippen LogP contribution in [0.4, 0.5) is 5.69 Å². The Balaban J connectivity index is 2.57. The van der Waals surface area contributed by atoms with E-state index in [2.05, 4.69) is 4.98 Å². The number of carboxylic acid groups (broad SMARTS) is 1. The highest BCUT2D eigenvalue weighted by Gasteiger charge is 2.13. The van der Waals surface area contributed by atoms with Crippen molar-refractivity contribution in [3.63, 3.8) is 0 Å². The fourth-order valence-corrected chi connectivity index (χ4v) is 2.14. The van der Waals surface area contributed by atoms with Crippen molar-refractivity contribution < 1.29 is 9.90 Å². The van der Waals surface area contributed by atoms with Crippen molar-refractivity contribution in [3.05, 3.63) is 48.2 Å². The Bertz CT molecular complexity index is 781. The van der Waals surface area contributed by atoms with Gasteiger partial charge >= 0.3 is 5.97 Å². The van der Waals surface area contributed by atoms with E-state index in [4.69, 9.17) is 5.73 Å². The molecule has 4 heteroatoms. The van der Waals surface area contributed by atoms with E-state index in [1.165, 1.54) is 0 Å². The summed E-state index contributed by atoms with van der Waals surface area (Å²) in [5.74, 6) is -1.03. The first kappa shape index (κ1) is 10.5. The summed E-state index contributed by atoms with van der Waals surface area (Å²) in [5.41, 5.74) is 6.94. The summed E-state index contributed by atoms with van der Waals surface area (Å²) in [5, 5.41) is 11.6. The summed E-state index contributed by atoms with van der Waals surface area (Å²) in [6.45, 7) is 0. The maximum absolute atomic E-state index is 11.2. The van der Waals surface area contributed by atoms with E-state index in [1.54, 1.807) is 24.3 Å². The monoisotopic (exact) mass is 238 g/mol. The molecule has 0 fully saturated rings. The molecule has 3 rings (SSSR count). The number of anilines is 1. The average Bonchev–Trinajstić information content (AvgIpc) is 2.37. The van der Waals surface area contributed by atoms with E-state index in [0.29, 0.717) is 16.6 Å². The summed E-state index contributed by atoms with van der Waals surface area (Å²) in [6.07, 6.45) is 0. The molecule has 0 bridgehead atoms. The predicted octanol–water partition coefficient (Wildman–Crippen LogP) is 2.67. The number of nitrogens with zero attached hydrogens (tertiary/aromatic N) is 1. The number of aromatic carboxylic acids is 1. The highest BCUT2D eigenvalue weighted by atomic mass is 16.4. The third-order valence-electron chi connectivity index (χ3n) is 2.93. The first-order chi connectivity index (χ1) is 8.66. The molecule has 3 N–H and O–H groups in total. The number of nitrogens with two attached hydrogens (primary N) is 1. The number of pyridine rings is 1. The number of rotatable bonds is 1. The average molecular weight is 238 g/mol. The lowest BCUT2D eigenvalue weighted by molar-refractivity contribution is 0.0693. The van der Waals surface area contributed by atoms with Gasteiger partial charge in [0.15, 0.2) is 5.69 Å². The number of aromatic nitrogens is 1. The standard InChI is InChI=1S/C14H10N2O2/c15-8-5-6-10-9-3-1-2-4-11(9)13(14(17)18)16-12(10)7-8/h1-7H,15H2,(H,17,18). The van der Waals surface area contributed by atoms with Gasteiger partial charge in [-0.2, -0.15) is 0 Å². The van der Waals surface area contributed by atoms with E-state index < -0.39 is 5.97 Å². The molecule has 2 aromatic carbocycles. The Morgan fingerprint density at radius 3 is 2.50 bits per heavy atom. The second-order valence-electron chi connectivity index (χ2n) is 4.09. The van der Waals surface area contributed by atoms with Crippen LogP contribution in [0.1, 0.15) is 10.5 Å². The van der Waals surface area contributed by atoms with E-state index in [1.807, 2.05) is 18.2 Å². The van der Waals surface area contributed by atoms with Gasteiger partial charge in [0.05, 0.1) is 5.52 Å². The van der Waals surface area contributed by atoms with Gasteiger partial charge in [-0.25, -0.2) is 9.78 Å². The molecule has 0 aliphatic rings. The SMILES string of the molecule is Nc1ccc2c(c1)nc(C(=O)O)c1ccccc12. The van der Waals surface area contributed by atoms with Crippen molar-refractivity contribution in [1.29, 1.82) is 0 Å². The van der Waals surface area contributed by atoms with Crippen LogP contribution in [0.3, 0.4) is 0 Å². The van der Waals surface area contributed by atoms with Crippen LogP contribution in [0.5, 0.6) is 0 Å². The number of carbonyl (C=O) groups is 1. The van der Waals surface area contributed by atoms with Gasteiger partial charge in [0, 0.05) is 16.5 Å². The predicted molar refractivity (Wildman–Crippen MR) is 70.6 cm³/mol. The lowest BCUT2D eigenvalue weighted by Gasteiger charge is -2.07. The van der Waals surface area contributed by atoms with Gasteiger partial charge in [-0.1, -0.05) is 30.3 Å². The molecular weight excluding hydrogens is 228 g/mol. The van der Waals surface area contributed by atoms with Crippen LogP contribution in [0.2, 0.25) is 0 Å². The van der Waals surface area contributed by atoms with Gasteiger partial charge in [0.2, 0.25) is 0 Å². The largest absolute Gasteiger partial charge is 0.476 e. The fraction of sp³-hybridized carbons (Fsp3) is 0. The van der Waals surface area contributed by atoms with Crippen LogP contribution in [0.15, 0.2) is 42.5 Å². The molecule has 0 spiro atoms. The summed E-state index contributed by atoms with van der Waals surface area (Å²) in [6, 6.07) is 12.7. The molecule has 0 aliphatic carbocycles. The smallest absolute Gasteiger partial charge is 0.355 e. The Kier molecular flexibility index (Phi) is 2.16.